The minimum atomic E-state index is -3.19. The number of hydrogen-bond donors (Lipinski definition) is 2. The molecule has 1 saturated heterocycles. The van der Waals surface area contributed by atoms with Gasteiger partial charge in [-0.05, 0) is 50.1 Å². The van der Waals surface area contributed by atoms with E-state index in [2.05, 4.69) is 21.9 Å². The summed E-state index contributed by atoms with van der Waals surface area (Å²) in [5.74, 6) is 0.780. The Balaban J connectivity index is 2.05. The van der Waals surface area contributed by atoms with Crippen molar-refractivity contribution >= 4 is 27.6 Å². The molecule has 2 rings (SSSR count). The first kappa shape index (κ1) is 22.0. The summed E-state index contributed by atoms with van der Waals surface area (Å²) in [6.45, 7) is 7.60. The van der Waals surface area contributed by atoms with Crippen molar-refractivity contribution in [2.45, 2.75) is 42.9 Å². The summed E-state index contributed by atoms with van der Waals surface area (Å²) in [6, 6.07) is 5.39. The minimum absolute atomic E-state index is 0.183. The Morgan fingerprint density at radius 1 is 1.30 bits per heavy atom. The maximum Gasteiger partial charge on any atom is 0.191 e. The number of aliphatic imine (C=N–C) groups is 1. The number of nitrogens with one attached hydrogen (secondary N) is 2. The molecule has 0 saturated carbocycles. The van der Waals surface area contributed by atoms with Gasteiger partial charge in [-0.2, -0.15) is 11.8 Å². The van der Waals surface area contributed by atoms with Crippen LogP contribution in [0.5, 0.6) is 0 Å². The highest BCUT2D eigenvalue weighted by Gasteiger charge is 2.31. The van der Waals surface area contributed by atoms with Crippen LogP contribution in [0.4, 0.5) is 0 Å². The van der Waals surface area contributed by atoms with E-state index in [1.807, 2.05) is 37.7 Å². The van der Waals surface area contributed by atoms with Gasteiger partial charge in [-0.1, -0.05) is 12.1 Å². The van der Waals surface area contributed by atoms with Crippen LogP contribution in [0.3, 0.4) is 0 Å². The molecule has 1 heterocycles. The maximum absolute atomic E-state index is 11.8. The SMILES string of the molecule is CCNC(=NCc1ccc(S(C)(=O)=O)c(C)c1)NCC1(SC)CCOCC1. The Morgan fingerprint density at radius 2 is 2.00 bits per heavy atom. The number of hydrogen-bond acceptors (Lipinski definition) is 5. The maximum atomic E-state index is 11.8. The van der Waals surface area contributed by atoms with Crippen molar-refractivity contribution in [3.05, 3.63) is 29.3 Å². The van der Waals surface area contributed by atoms with Crippen LogP contribution in [-0.4, -0.2) is 57.9 Å². The van der Waals surface area contributed by atoms with Crippen molar-refractivity contribution in [2.24, 2.45) is 4.99 Å². The molecule has 1 aliphatic rings. The first-order valence-corrected chi connectivity index (χ1v) is 12.4. The molecular weight excluding hydrogens is 382 g/mol. The van der Waals surface area contributed by atoms with Gasteiger partial charge in [-0.3, -0.25) is 0 Å². The number of guanidine groups is 1. The molecule has 1 aromatic carbocycles. The van der Waals surface area contributed by atoms with Gasteiger partial charge in [0, 0.05) is 37.3 Å². The van der Waals surface area contributed by atoms with E-state index in [4.69, 9.17) is 4.74 Å². The molecule has 8 heteroatoms. The second-order valence-corrected chi connectivity index (χ2v) is 10.2. The van der Waals surface area contributed by atoms with Crippen LogP contribution >= 0.6 is 11.8 Å². The average molecular weight is 414 g/mol. The van der Waals surface area contributed by atoms with Crippen LogP contribution < -0.4 is 10.6 Å². The van der Waals surface area contributed by atoms with Gasteiger partial charge in [0.15, 0.2) is 15.8 Å². The van der Waals surface area contributed by atoms with E-state index in [1.54, 1.807) is 6.07 Å². The molecule has 1 fully saturated rings. The number of benzene rings is 1. The number of nitrogens with zero attached hydrogens (tertiary/aromatic N) is 1. The van der Waals surface area contributed by atoms with E-state index in [0.29, 0.717) is 11.4 Å². The molecule has 6 nitrogen and oxygen atoms in total. The summed E-state index contributed by atoms with van der Waals surface area (Å²) in [5.41, 5.74) is 1.74. The van der Waals surface area contributed by atoms with Crippen LogP contribution in [-0.2, 0) is 21.1 Å². The summed E-state index contributed by atoms with van der Waals surface area (Å²) >= 11 is 1.89. The topological polar surface area (TPSA) is 79.8 Å². The Hall–Kier alpha value is -1.25. The molecule has 152 valence electrons. The van der Waals surface area contributed by atoms with E-state index in [-0.39, 0.29) is 4.75 Å². The van der Waals surface area contributed by atoms with Gasteiger partial charge in [0.25, 0.3) is 0 Å². The zero-order chi connectivity index (χ0) is 19.9. The van der Waals surface area contributed by atoms with E-state index in [1.165, 1.54) is 6.26 Å². The van der Waals surface area contributed by atoms with Crippen LogP contribution in [0, 0.1) is 6.92 Å². The highest BCUT2D eigenvalue weighted by molar-refractivity contribution is 8.00. The molecular formula is C19H31N3O3S2. The molecule has 0 aliphatic carbocycles. The monoisotopic (exact) mass is 413 g/mol. The van der Waals surface area contributed by atoms with Gasteiger partial charge >= 0.3 is 0 Å². The lowest BCUT2D eigenvalue weighted by atomic mass is 9.99. The third-order valence-electron chi connectivity index (χ3n) is 4.82. The highest BCUT2D eigenvalue weighted by atomic mass is 32.2. The van der Waals surface area contributed by atoms with E-state index < -0.39 is 9.84 Å². The van der Waals surface area contributed by atoms with E-state index in [9.17, 15) is 8.42 Å². The molecule has 0 amide bonds. The third-order valence-corrected chi connectivity index (χ3v) is 7.49. The molecule has 0 radical (unpaired) electrons. The fraction of sp³-hybridized carbons (Fsp3) is 0.632. The molecule has 27 heavy (non-hydrogen) atoms. The molecule has 0 bridgehead atoms. The van der Waals surface area contributed by atoms with Gasteiger partial charge in [0.2, 0.25) is 0 Å². The Morgan fingerprint density at radius 3 is 2.56 bits per heavy atom. The lowest BCUT2D eigenvalue weighted by molar-refractivity contribution is 0.0783. The van der Waals surface area contributed by atoms with Gasteiger partial charge < -0.3 is 15.4 Å². The molecule has 1 aliphatic heterocycles. The van der Waals surface area contributed by atoms with Gasteiger partial charge in [-0.25, -0.2) is 13.4 Å². The quantitative estimate of drug-likeness (QED) is 0.528. The fourth-order valence-corrected chi connectivity index (χ4v) is 4.93. The van der Waals surface area contributed by atoms with Crippen LogP contribution in [0.25, 0.3) is 0 Å². The summed E-state index contributed by atoms with van der Waals surface area (Å²) in [4.78, 5) is 5.05. The number of rotatable bonds is 7. The van der Waals surface area contributed by atoms with Crippen molar-refractivity contribution < 1.29 is 13.2 Å². The normalized spacial score (nSPS) is 17.6. The number of thioether (sulfide) groups is 1. The van der Waals surface area contributed by atoms with Gasteiger partial charge in [-0.15, -0.1) is 0 Å². The molecule has 2 N–H and O–H groups in total. The summed E-state index contributed by atoms with van der Waals surface area (Å²) < 4.78 is 29.2. The minimum Gasteiger partial charge on any atom is -0.381 e. The Bertz CT molecular complexity index is 757. The van der Waals surface area contributed by atoms with Crippen LogP contribution in [0.2, 0.25) is 0 Å². The van der Waals surface area contributed by atoms with Gasteiger partial charge in [0.1, 0.15) is 0 Å². The first-order chi connectivity index (χ1) is 12.8. The standard InChI is InChI=1S/C19H31N3O3S2/c1-5-20-18(22-14-19(26-3)8-10-25-11-9-19)21-13-16-6-7-17(15(2)12-16)27(4,23)24/h6-7,12H,5,8-11,13-14H2,1-4H3,(H2,20,21,22). The average Bonchev–Trinajstić information content (AvgIpc) is 2.64. The second-order valence-electron chi connectivity index (χ2n) is 6.92. The lowest BCUT2D eigenvalue weighted by Gasteiger charge is -2.36. The predicted octanol–water partition coefficient (Wildman–Crippen LogP) is 2.37. The zero-order valence-electron chi connectivity index (χ0n) is 16.7. The predicted molar refractivity (Wildman–Crippen MR) is 113 cm³/mol. The molecule has 0 aromatic heterocycles. The molecule has 0 atom stereocenters. The molecule has 1 aromatic rings. The highest BCUT2D eigenvalue weighted by Crippen LogP contribution is 2.32. The number of sulfone groups is 1. The molecule has 0 spiro atoms. The number of ether oxygens (including phenoxy) is 1. The largest absolute Gasteiger partial charge is 0.381 e. The zero-order valence-corrected chi connectivity index (χ0v) is 18.3. The van der Waals surface area contributed by atoms with Gasteiger partial charge in [0.05, 0.1) is 11.4 Å². The van der Waals surface area contributed by atoms with Crippen molar-refractivity contribution in [1.82, 2.24) is 10.6 Å². The van der Waals surface area contributed by atoms with Crippen LogP contribution in [0.15, 0.2) is 28.1 Å². The van der Waals surface area contributed by atoms with E-state index in [0.717, 1.165) is 56.2 Å². The Labute approximate surface area is 167 Å². The summed E-state index contributed by atoms with van der Waals surface area (Å²) in [5, 5.41) is 6.76. The van der Waals surface area contributed by atoms with Crippen molar-refractivity contribution in [1.29, 1.82) is 0 Å². The summed E-state index contributed by atoms with van der Waals surface area (Å²) in [6.07, 6.45) is 5.46. The fourth-order valence-electron chi connectivity index (χ4n) is 3.18. The lowest BCUT2D eigenvalue weighted by Crippen LogP contribution is -2.47. The van der Waals surface area contributed by atoms with Crippen molar-refractivity contribution in [3.8, 4) is 0 Å². The molecule has 0 unspecified atom stereocenters. The van der Waals surface area contributed by atoms with Crippen LogP contribution in [0.1, 0.15) is 30.9 Å². The van der Waals surface area contributed by atoms with E-state index >= 15 is 0 Å². The van der Waals surface area contributed by atoms with Crippen molar-refractivity contribution in [2.75, 3.05) is 38.8 Å². The smallest absolute Gasteiger partial charge is 0.191 e. The number of aryl methyl sites for hydroxylation is 1. The Kier molecular flexibility index (Phi) is 8.00. The third kappa shape index (κ3) is 6.40. The summed E-state index contributed by atoms with van der Waals surface area (Å²) in [7, 11) is -3.19. The first-order valence-electron chi connectivity index (χ1n) is 9.24. The van der Waals surface area contributed by atoms with Crippen molar-refractivity contribution in [3.63, 3.8) is 0 Å². The second kappa shape index (κ2) is 9.80.